The SMILES string of the molecule is O=C(CN1CCOCC1)N1CCC[C@@H](c2cccc(-c3noc(C(F)(F)F)n3)n2)C1. The summed E-state index contributed by atoms with van der Waals surface area (Å²) in [4.78, 5) is 24.5. The van der Waals surface area contributed by atoms with Crippen molar-refractivity contribution in [3.63, 3.8) is 0 Å². The number of nitrogens with zero attached hydrogens (tertiary/aromatic N) is 5. The smallest absolute Gasteiger partial charge is 0.379 e. The minimum absolute atomic E-state index is 0.00123. The third kappa shape index (κ3) is 4.78. The largest absolute Gasteiger partial charge is 0.471 e. The molecule has 0 radical (unpaired) electrons. The summed E-state index contributed by atoms with van der Waals surface area (Å²) < 4.78 is 47.7. The van der Waals surface area contributed by atoms with Crippen LogP contribution < -0.4 is 0 Å². The molecule has 0 spiro atoms. The van der Waals surface area contributed by atoms with Gasteiger partial charge in [0.25, 0.3) is 0 Å². The van der Waals surface area contributed by atoms with Crippen LogP contribution in [0.2, 0.25) is 0 Å². The molecule has 0 aromatic carbocycles. The molecule has 2 aromatic rings. The fourth-order valence-corrected chi connectivity index (χ4v) is 3.74. The van der Waals surface area contributed by atoms with Crippen molar-refractivity contribution in [3.05, 3.63) is 29.8 Å². The second-order valence-electron chi connectivity index (χ2n) is 7.44. The Morgan fingerprint density at radius 1 is 1.17 bits per heavy atom. The monoisotopic (exact) mass is 425 g/mol. The van der Waals surface area contributed by atoms with Crippen LogP contribution in [0.4, 0.5) is 13.2 Å². The van der Waals surface area contributed by atoms with E-state index in [0.29, 0.717) is 38.5 Å². The number of carbonyl (C=O) groups excluding carboxylic acids is 1. The van der Waals surface area contributed by atoms with E-state index >= 15 is 0 Å². The van der Waals surface area contributed by atoms with Crippen LogP contribution in [0.25, 0.3) is 11.5 Å². The van der Waals surface area contributed by atoms with Crippen molar-refractivity contribution < 1.29 is 27.2 Å². The highest BCUT2D eigenvalue weighted by molar-refractivity contribution is 5.78. The molecule has 0 saturated carbocycles. The van der Waals surface area contributed by atoms with E-state index in [2.05, 4.69) is 24.5 Å². The van der Waals surface area contributed by atoms with Gasteiger partial charge in [-0.1, -0.05) is 11.2 Å². The molecule has 8 nitrogen and oxygen atoms in total. The van der Waals surface area contributed by atoms with Gasteiger partial charge in [0.15, 0.2) is 0 Å². The van der Waals surface area contributed by atoms with Gasteiger partial charge in [0, 0.05) is 37.8 Å². The number of morpholine rings is 1. The van der Waals surface area contributed by atoms with Crippen molar-refractivity contribution in [2.75, 3.05) is 45.9 Å². The van der Waals surface area contributed by atoms with Crippen LogP contribution >= 0.6 is 0 Å². The molecule has 4 heterocycles. The second-order valence-corrected chi connectivity index (χ2v) is 7.44. The van der Waals surface area contributed by atoms with Gasteiger partial charge in [-0.15, -0.1) is 0 Å². The topological polar surface area (TPSA) is 84.6 Å². The third-order valence-electron chi connectivity index (χ3n) is 5.32. The van der Waals surface area contributed by atoms with E-state index in [9.17, 15) is 18.0 Å². The van der Waals surface area contributed by atoms with E-state index in [1.165, 1.54) is 0 Å². The lowest BCUT2D eigenvalue weighted by Crippen LogP contribution is -2.47. The summed E-state index contributed by atoms with van der Waals surface area (Å²) in [6, 6.07) is 5.06. The Morgan fingerprint density at radius 3 is 2.70 bits per heavy atom. The van der Waals surface area contributed by atoms with Crippen molar-refractivity contribution in [2.45, 2.75) is 24.9 Å². The summed E-state index contributed by atoms with van der Waals surface area (Å²) in [5.74, 6) is -1.53. The number of amides is 1. The summed E-state index contributed by atoms with van der Waals surface area (Å²) in [5.41, 5.74) is 0.915. The standard InChI is InChI=1S/C19H22F3N5O3/c20-19(21,22)18-24-17(25-30-18)15-5-1-4-14(23-15)13-3-2-6-27(11-13)16(28)12-26-7-9-29-10-8-26/h1,4-5,13H,2-3,6-12H2/t13-/m1/s1. The molecule has 2 aromatic heterocycles. The Morgan fingerprint density at radius 2 is 1.97 bits per heavy atom. The number of likely N-dealkylation sites (tertiary alicyclic amines) is 1. The lowest BCUT2D eigenvalue weighted by Gasteiger charge is -2.35. The molecule has 2 saturated heterocycles. The van der Waals surface area contributed by atoms with E-state index in [1.54, 1.807) is 12.1 Å². The Bertz CT molecular complexity index is 882. The number of alkyl halides is 3. The first-order valence-electron chi connectivity index (χ1n) is 9.86. The third-order valence-corrected chi connectivity index (χ3v) is 5.32. The molecule has 2 aliphatic rings. The molecule has 0 aliphatic carbocycles. The number of carbonyl (C=O) groups is 1. The number of hydrogen-bond donors (Lipinski definition) is 0. The van der Waals surface area contributed by atoms with Crippen molar-refractivity contribution in [1.29, 1.82) is 0 Å². The average molecular weight is 425 g/mol. The summed E-state index contributed by atoms with van der Waals surface area (Å²) in [6.07, 6.45) is -3.02. The number of piperidine rings is 1. The summed E-state index contributed by atoms with van der Waals surface area (Å²) in [6.45, 7) is 4.36. The minimum atomic E-state index is -4.70. The lowest BCUT2D eigenvalue weighted by molar-refractivity contribution is -0.159. The number of ether oxygens (including phenoxy) is 1. The second kappa shape index (κ2) is 8.68. The van der Waals surface area contributed by atoms with Crippen molar-refractivity contribution in [2.24, 2.45) is 0 Å². The number of aromatic nitrogens is 3. The van der Waals surface area contributed by atoms with Gasteiger partial charge >= 0.3 is 12.1 Å². The van der Waals surface area contributed by atoms with Gasteiger partial charge in [0.2, 0.25) is 11.7 Å². The molecule has 162 valence electrons. The van der Waals surface area contributed by atoms with Gasteiger partial charge in [-0.2, -0.15) is 18.2 Å². The number of halogens is 3. The number of pyridine rings is 1. The molecule has 0 N–H and O–H groups in total. The van der Waals surface area contributed by atoms with E-state index < -0.39 is 12.1 Å². The minimum Gasteiger partial charge on any atom is -0.379 e. The van der Waals surface area contributed by atoms with Gasteiger partial charge in [-0.05, 0) is 25.0 Å². The normalized spacial score (nSPS) is 21.0. The maximum atomic E-state index is 12.7. The maximum Gasteiger partial charge on any atom is 0.471 e. The van der Waals surface area contributed by atoms with Gasteiger partial charge in [-0.25, -0.2) is 4.98 Å². The molecule has 30 heavy (non-hydrogen) atoms. The molecule has 2 aliphatic heterocycles. The molecule has 1 atom stereocenters. The van der Waals surface area contributed by atoms with Gasteiger partial charge in [0.05, 0.1) is 19.8 Å². The van der Waals surface area contributed by atoms with Crippen LogP contribution in [0.1, 0.15) is 30.3 Å². The Kier molecular flexibility index (Phi) is 6.00. The zero-order chi connectivity index (χ0) is 21.1. The maximum absolute atomic E-state index is 12.7. The molecular weight excluding hydrogens is 403 g/mol. The molecule has 2 fully saturated rings. The van der Waals surface area contributed by atoms with Gasteiger partial charge in [0.1, 0.15) is 5.69 Å². The van der Waals surface area contributed by atoms with Crippen LogP contribution in [0, 0.1) is 0 Å². The van der Waals surface area contributed by atoms with E-state index in [1.807, 2.05) is 11.0 Å². The highest BCUT2D eigenvalue weighted by Crippen LogP contribution is 2.30. The van der Waals surface area contributed by atoms with Crippen molar-refractivity contribution >= 4 is 5.91 Å². The summed E-state index contributed by atoms with van der Waals surface area (Å²) >= 11 is 0. The van der Waals surface area contributed by atoms with Gasteiger partial charge < -0.3 is 14.2 Å². The van der Waals surface area contributed by atoms with E-state index in [-0.39, 0.29) is 23.3 Å². The zero-order valence-electron chi connectivity index (χ0n) is 16.3. The number of hydrogen-bond acceptors (Lipinski definition) is 7. The first kappa shape index (κ1) is 20.7. The average Bonchev–Trinajstić information content (AvgIpc) is 3.26. The fourth-order valence-electron chi connectivity index (χ4n) is 3.74. The molecule has 0 bridgehead atoms. The lowest BCUT2D eigenvalue weighted by atomic mass is 9.94. The predicted molar refractivity (Wildman–Crippen MR) is 98.3 cm³/mol. The van der Waals surface area contributed by atoms with Gasteiger partial charge in [-0.3, -0.25) is 9.69 Å². The quantitative estimate of drug-likeness (QED) is 0.742. The van der Waals surface area contributed by atoms with Crippen molar-refractivity contribution in [3.8, 4) is 11.5 Å². The Balaban J connectivity index is 1.44. The van der Waals surface area contributed by atoms with E-state index in [0.717, 1.165) is 25.9 Å². The number of rotatable bonds is 4. The first-order valence-corrected chi connectivity index (χ1v) is 9.86. The Hall–Kier alpha value is -2.53. The first-order chi connectivity index (χ1) is 14.4. The molecule has 4 rings (SSSR count). The van der Waals surface area contributed by atoms with Crippen LogP contribution in [0.5, 0.6) is 0 Å². The fraction of sp³-hybridized carbons (Fsp3) is 0.579. The summed E-state index contributed by atoms with van der Waals surface area (Å²) in [5, 5.41) is 3.40. The van der Waals surface area contributed by atoms with Crippen LogP contribution in [0.3, 0.4) is 0 Å². The molecule has 1 amide bonds. The summed E-state index contributed by atoms with van der Waals surface area (Å²) in [7, 11) is 0. The molecule has 11 heteroatoms. The van der Waals surface area contributed by atoms with Crippen LogP contribution in [-0.4, -0.2) is 76.8 Å². The molecular formula is C19H22F3N5O3. The highest BCUT2D eigenvalue weighted by Gasteiger charge is 2.38. The molecule has 0 unspecified atom stereocenters. The van der Waals surface area contributed by atoms with Crippen LogP contribution in [-0.2, 0) is 15.7 Å². The van der Waals surface area contributed by atoms with E-state index in [4.69, 9.17) is 4.74 Å². The predicted octanol–water partition coefficient (Wildman–Crippen LogP) is 2.19. The zero-order valence-corrected chi connectivity index (χ0v) is 16.3. The van der Waals surface area contributed by atoms with Crippen molar-refractivity contribution in [1.82, 2.24) is 24.9 Å². The van der Waals surface area contributed by atoms with Crippen LogP contribution in [0.15, 0.2) is 22.7 Å². The highest BCUT2D eigenvalue weighted by atomic mass is 19.4. The Labute approximate surface area is 171 Å².